The first-order valence-corrected chi connectivity index (χ1v) is 9.29. The van der Waals surface area contributed by atoms with Gasteiger partial charge in [-0.25, -0.2) is 8.78 Å². The number of rotatable bonds is 6. The highest BCUT2D eigenvalue weighted by Gasteiger charge is 2.20. The molecule has 150 valence electrons. The molecule has 0 spiro atoms. The van der Waals surface area contributed by atoms with E-state index in [-0.39, 0.29) is 12.5 Å². The van der Waals surface area contributed by atoms with E-state index in [0.29, 0.717) is 24.4 Å². The maximum atomic E-state index is 13.4. The summed E-state index contributed by atoms with van der Waals surface area (Å²) in [6.07, 6.45) is 0. The summed E-state index contributed by atoms with van der Waals surface area (Å²) in [5.74, 6) is -2.13. The highest BCUT2D eigenvalue weighted by atomic mass is 19.2. The average Bonchev–Trinajstić information content (AvgIpc) is 3.23. The second-order valence-corrected chi connectivity index (χ2v) is 6.92. The molecule has 1 N–H and O–H groups in total. The van der Waals surface area contributed by atoms with Crippen molar-refractivity contribution in [3.8, 4) is 0 Å². The van der Waals surface area contributed by atoms with E-state index in [9.17, 15) is 13.6 Å². The minimum atomic E-state index is -0.933. The molecular weight excluding hydrogens is 376 g/mol. The molecule has 2 heterocycles. The number of para-hydroxylation sites is 1. The lowest BCUT2D eigenvalue weighted by molar-refractivity contribution is 0.0939. The Labute approximate surface area is 166 Å². The number of hydrogen-bond donors (Lipinski definition) is 1. The molecule has 29 heavy (non-hydrogen) atoms. The third-order valence-electron chi connectivity index (χ3n) is 5.15. The van der Waals surface area contributed by atoms with Gasteiger partial charge in [-0.15, -0.1) is 0 Å². The molecule has 4 rings (SSSR count). The number of halogens is 2. The van der Waals surface area contributed by atoms with Crippen LogP contribution in [-0.2, 0) is 24.9 Å². The molecule has 5 nitrogen and oxygen atoms in total. The van der Waals surface area contributed by atoms with Crippen molar-refractivity contribution in [1.82, 2.24) is 14.5 Å². The average molecular weight is 397 g/mol. The summed E-state index contributed by atoms with van der Waals surface area (Å²) in [7, 11) is 3.58. The highest BCUT2D eigenvalue weighted by molar-refractivity contribution is 6.10. The summed E-state index contributed by atoms with van der Waals surface area (Å²) in [5, 5.41) is 3.85. The number of methoxy groups -OCH3 is 1. The Balaban J connectivity index is 1.70. The van der Waals surface area contributed by atoms with Gasteiger partial charge in [0.25, 0.3) is 5.91 Å². The third-order valence-corrected chi connectivity index (χ3v) is 5.15. The van der Waals surface area contributed by atoms with Gasteiger partial charge >= 0.3 is 0 Å². The van der Waals surface area contributed by atoms with Gasteiger partial charge in [0.1, 0.15) is 5.69 Å². The summed E-state index contributed by atoms with van der Waals surface area (Å²) >= 11 is 0. The van der Waals surface area contributed by atoms with Gasteiger partial charge < -0.3 is 19.2 Å². The Hall–Kier alpha value is -3.19. The van der Waals surface area contributed by atoms with Crippen LogP contribution in [0, 0.1) is 11.6 Å². The van der Waals surface area contributed by atoms with E-state index in [0.717, 1.165) is 34.1 Å². The van der Waals surface area contributed by atoms with Crippen molar-refractivity contribution in [1.29, 1.82) is 0 Å². The number of aromatic nitrogens is 2. The number of fused-ring (bicyclic) bond motifs is 3. The van der Waals surface area contributed by atoms with Crippen molar-refractivity contribution >= 4 is 27.8 Å². The Morgan fingerprint density at radius 2 is 1.86 bits per heavy atom. The maximum Gasteiger partial charge on any atom is 0.268 e. The van der Waals surface area contributed by atoms with Crippen molar-refractivity contribution in [2.75, 3.05) is 13.7 Å². The van der Waals surface area contributed by atoms with Gasteiger partial charge in [-0.3, -0.25) is 4.79 Å². The number of hydrogen-bond acceptors (Lipinski definition) is 2. The van der Waals surface area contributed by atoms with Crippen molar-refractivity contribution in [3.05, 3.63) is 71.4 Å². The Morgan fingerprint density at radius 3 is 2.62 bits per heavy atom. The SMILES string of the molecule is COCCn1c(C(=O)NCc2ccc(F)c(F)c2)cc2c1c1ccccc1n2C. The van der Waals surface area contributed by atoms with Crippen LogP contribution in [0.2, 0.25) is 0 Å². The molecule has 4 aromatic rings. The number of ether oxygens (including phenoxy) is 1. The number of nitrogens with one attached hydrogen (secondary N) is 1. The first-order chi connectivity index (χ1) is 14.0. The van der Waals surface area contributed by atoms with Crippen LogP contribution in [0.1, 0.15) is 16.1 Å². The zero-order valence-electron chi connectivity index (χ0n) is 16.2. The number of amides is 1. The fourth-order valence-corrected chi connectivity index (χ4v) is 3.70. The van der Waals surface area contributed by atoms with E-state index in [1.165, 1.54) is 6.07 Å². The van der Waals surface area contributed by atoms with Gasteiger partial charge in [0, 0.05) is 32.6 Å². The monoisotopic (exact) mass is 397 g/mol. The quantitative estimate of drug-likeness (QED) is 0.535. The van der Waals surface area contributed by atoms with Gasteiger partial charge in [-0.1, -0.05) is 24.3 Å². The molecule has 1 amide bonds. The van der Waals surface area contributed by atoms with E-state index in [2.05, 4.69) is 9.88 Å². The molecule has 2 aromatic carbocycles. The molecule has 0 saturated heterocycles. The van der Waals surface area contributed by atoms with Crippen molar-refractivity contribution in [3.63, 3.8) is 0 Å². The maximum absolute atomic E-state index is 13.4. The minimum Gasteiger partial charge on any atom is -0.383 e. The summed E-state index contributed by atoms with van der Waals surface area (Å²) in [6, 6.07) is 13.5. The fourth-order valence-electron chi connectivity index (χ4n) is 3.70. The number of benzene rings is 2. The molecule has 0 radical (unpaired) electrons. The molecule has 0 atom stereocenters. The van der Waals surface area contributed by atoms with Gasteiger partial charge in [0.2, 0.25) is 0 Å². The van der Waals surface area contributed by atoms with E-state index in [1.54, 1.807) is 7.11 Å². The zero-order chi connectivity index (χ0) is 20.5. The lowest BCUT2D eigenvalue weighted by Gasteiger charge is -2.11. The van der Waals surface area contributed by atoms with Crippen LogP contribution in [0.4, 0.5) is 8.78 Å². The van der Waals surface area contributed by atoms with Crippen LogP contribution in [0.15, 0.2) is 48.5 Å². The minimum absolute atomic E-state index is 0.0998. The second kappa shape index (κ2) is 7.67. The van der Waals surface area contributed by atoms with Crippen molar-refractivity contribution in [2.45, 2.75) is 13.1 Å². The molecular formula is C22H21F2N3O2. The molecule has 0 unspecified atom stereocenters. The molecule has 0 bridgehead atoms. The molecule has 2 aromatic heterocycles. The fraction of sp³-hybridized carbons (Fsp3) is 0.227. The smallest absolute Gasteiger partial charge is 0.268 e. The molecule has 0 fully saturated rings. The number of carbonyl (C=O) groups is 1. The first kappa shape index (κ1) is 19.1. The van der Waals surface area contributed by atoms with Gasteiger partial charge in [0.15, 0.2) is 11.6 Å². The standard InChI is InChI=1S/C22H21F2N3O2/c1-26-18-6-4-3-5-15(18)21-19(26)12-20(27(21)9-10-29-2)22(28)25-13-14-7-8-16(23)17(24)11-14/h3-8,11-12H,9-10,13H2,1-2H3,(H,25,28). The Kier molecular flexibility index (Phi) is 5.07. The summed E-state index contributed by atoms with van der Waals surface area (Å²) in [5.41, 5.74) is 3.98. The topological polar surface area (TPSA) is 48.2 Å². The number of carbonyl (C=O) groups excluding carboxylic acids is 1. The first-order valence-electron chi connectivity index (χ1n) is 9.29. The predicted molar refractivity (Wildman–Crippen MR) is 108 cm³/mol. The normalized spacial score (nSPS) is 11.4. The van der Waals surface area contributed by atoms with Gasteiger partial charge in [-0.05, 0) is 29.8 Å². The largest absolute Gasteiger partial charge is 0.383 e. The van der Waals surface area contributed by atoms with Crippen molar-refractivity contribution in [2.24, 2.45) is 7.05 Å². The van der Waals surface area contributed by atoms with Crippen LogP contribution in [0.5, 0.6) is 0 Å². The second-order valence-electron chi connectivity index (χ2n) is 6.92. The molecule has 0 aliphatic heterocycles. The Morgan fingerprint density at radius 1 is 1.07 bits per heavy atom. The number of aryl methyl sites for hydroxylation is 1. The van der Waals surface area contributed by atoms with Gasteiger partial charge in [-0.2, -0.15) is 0 Å². The predicted octanol–water partition coefficient (Wildman–Crippen LogP) is 3.99. The summed E-state index contributed by atoms with van der Waals surface area (Å²) in [4.78, 5) is 12.9. The van der Waals surface area contributed by atoms with Crippen LogP contribution in [-0.4, -0.2) is 28.8 Å². The van der Waals surface area contributed by atoms with E-state index < -0.39 is 11.6 Å². The van der Waals surface area contributed by atoms with E-state index >= 15 is 0 Å². The van der Waals surface area contributed by atoms with Crippen LogP contribution in [0.3, 0.4) is 0 Å². The zero-order valence-corrected chi connectivity index (χ0v) is 16.2. The third kappa shape index (κ3) is 3.38. The Bertz CT molecular complexity index is 1210. The lowest BCUT2D eigenvalue weighted by Crippen LogP contribution is -2.26. The van der Waals surface area contributed by atoms with Crippen LogP contribution in [0.25, 0.3) is 21.9 Å². The van der Waals surface area contributed by atoms with Gasteiger partial charge in [0.05, 0.1) is 23.2 Å². The number of nitrogens with zero attached hydrogens (tertiary/aromatic N) is 2. The summed E-state index contributed by atoms with van der Waals surface area (Å²) < 4.78 is 35.8. The lowest BCUT2D eigenvalue weighted by atomic mass is 10.2. The van der Waals surface area contributed by atoms with E-state index in [1.807, 2.05) is 41.9 Å². The van der Waals surface area contributed by atoms with Crippen LogP contribution >= 0.6 is 0 Å². The van der Waals surface area contributed by atoms with Crippen LogP contribution < -0.4 is 5.32 Å². The summed E-state index contributed by atoms with van der Waals surface area (Å²) in [6.45, 7) is 1.07. The molecule has 0 aliphatic carbocycles. The molecule has 7 heteroatoms. The van der Waals surface area contributed by atoms with E-state index in [4.69, 9.17) is 4.74 Å². The van der Waals surface area contributed by atoms with Crippen molar-refractivity contribution < 1.29 is 18.3 Å². The molecule has 0 saturated carbocycles. The highest BCUT2D eigenvalue weighted by Crippen LogP contribution is 2.31. The molecule has 0 aliphatic rings.